The maximum atomic E-state index is 12.4. The molecule has 0 atom stereocenters. The first-order valence-corrected chi connectivity index (χ1v) is 7.50. The van der Waals surface area contributed by atoms with E-state index in [9.17, 15) is 9.59 Å². The molecule has 0 bridgehead atoms. The van der Waals surface area contributed by atoms with Gasteiger partial charge in [0, 0.05) is 5.02 Å². The molecule has 1 heterocycles. The van der Waals surface area contributed by atoms with Gasteiger partial charge in [-0.3, -0.25) is 14.5 Å². The van der Waals surface area contributed by atoms with Gasteiger partial charge in [0.25, 0.3) is 5.91 Å². The average molecular weight is 331 g/mol. The number of carbonyl (C=O) groups is 2. The van der Waals surface area contributed by atoms with Crippen LogP contribution in [0.25, 0.3) is 0 Å². The summed E-state index contributed by atoms with van der Waals surface area (Å²) < 4.78 is 5.53. The number of benzene rings is 2. The van der Waals surface area contributed by atoms with Crippen molar-refractivity contribution in [1.29, 1.82) is 0 Å². The maximum absolute atomic E-state index is 12.4. The number of halogens is 1. The number of para-hydroxylation sites is 2. The molecule has 1 N–H and O–H groups in total. The molecule has 6 heteroatoms. The minimum Gasteiger partial charge on any atom is -0.484 e. The van der Waals surface area contributed by atoms with Crippen molar-refractivity contribution in [2.75, 3.05) is 23.4 Å². The highest BCUT2D eigenvalue weighted by molar-refractivity contribution is 6.31. The van der Waals surface area contributed by atoms with Crippen molar-refractivity contribution in [1.82, 2.24) is 0 Å². The lowest BCUT2D eigenvalue weighted by atomic mass is 10.2. The van der Waals surface area contributed by atoms with Gasteiger partial charge in [-0.05, 0) is 42.8 Å². The van der Waals surface area contributed by atoms with Crippen molar-refractivity contribution in [3.63, 3.8) is 0 Å². The summed E-state index contributed by atoms with van der Waals surface area (Å²) in [6.45, 7) is 1.70. The molecule has 0 spiro atoms. The summed E-state index contributed by atoms with van der Waals surface area (Å²) in [5.41, 5.74) is 2.17. The Morgan fingerprint density at radius 3 is 2.87 bits per heavy atom. The summed E-state index contributed by atoms with van der Waals surface area (Å²) in [6, 6.07) is 12.4. The van der Waals surface area contributed by atoms with Crippen molar-refractivity contribution in [2.24, 2.45) is 0 Å². The predicted molar refractivity (Wildman–Crippen MR) is 89.1 cm³/mol. The number of amides is 2. The quantitative estimate of drug-likeness (QED) is 0.941. The summed E-state index contributed by atoms with van der Waals surface area (Å²) >= 11 is 5.96. The third-order valence-corrected chi connectivity index (χ3v) is 3.99. The molecule has 0 saturated heterocycles. The number of carbonyl (C=O) groups excluding carboxylic acids is 2. The number of ether oxygens (including phenoxy) is 1. The molecule has 118 valence electrons. The van der Waals surface area contributed by atoms with Crippen LogP contribution in [0.5, 0.6) is 5.75 Å². The van der Waals surface area contributed by atoms with Crippen LogP contribution in [0.2, 0.25) is 5.02 Å². The van der Waals surface area contributed by atoms with Crippen molar-refractivity contribution >= 4 is 34.8 Å². The fourth-order valence-electron chi connectivity index (χ4n) is 2.39. The van der Waals surface area contributed by atoms with Gasteiger partial charge in [-0.25, -0.2) is 0 Å². The first-order valence-electron chi connectivity index (χ1n) is 7.13. The van der Waals surface area contributed by atoms with E-state index < -0.39 is 0 Å². The van der Waals surface area contributed by atoms with E-state index in [0.717, 1.165) is 5.56 Å². The van der Waals surface area contributed by atoms with E-state index in [1.807, 2.05) is 13.0 Å². The highest BCUT2D eigenvalue weighted by atomic mass is 35.5. The van der Waals surface area contributed by atoms with E-state index in [2.05, 4.69) is 5.32 Å². The Bertz CT molecular complexity index is 776. The fourth-order valence-corrected chi connectivity index (χ4v) is 2.50. The molecule has 0 aromatic heterocycles. The van der Waals surface area contributed by atoms with Crippen LogP contribution in [0.4, 0.5) is 11.4 Å². The fraction of sp³-hybridized carbons (Fsp3) is 0.176. The first kappa shape index (κ1) is 15.4. The number of rotatable bonds is 3. The number of aryl methyl sites for hydroxylation is 1. The molecule has 1 aliphatic rings. The Kier molecular flexibility index (Phi) is 4.21. The monoisotopic (exact) mass is 330 g/mol. The van der Waals surface area contributed by atoms with Crippen molar-refractivity contribution in [3.05, 3.63) is 53.1 Å². The van der Waals surface area contributed by atoms with Crippen molar-refractivity contribution in [3.8, 4) is 5.75 Å². The Morgan fingerprint density at radius 1 is 1.30 bits per heavy atom. The second-order valence-corrected chi connectivity index (χ2v) is 5.65. The first-order chi connectivity index (χ1) is 11.0. The smallest absolute Gasteiger partial charge is 0.265 e. The number of nitrogens with zero attached hydrogens (tertiary/aromatic N) is 1. The SMILES string of the molecule is Cc1cc(OCC(=O)N2CC(=O)Nc3ccccc32)ccc1Cl. The Morgan fingerprint density at radius 2 is 2.09 bits per heavy atom. The van der Waals surface area contributed by atoms with E-state index in [1.165, 1.54) is 4.90 Å². The van der Waals surface area contributed by atoms with Gasteiger partial charge in [-0.15, -0.1) is 0 Å². The van der Waals surface area contributed by atoms with Gasteiger partial charge < -0.3 is 10.1 Å². The summed E-state index contributed by atoms with van der Waals surface area (Å²) in [5.74, 6) is 0.0642. The molecule has 2 aromatic carbocycles. The Balaban J connectivity index is 1.73. The summed E-state index contributed by atoms with van der Waals surface area (Å²) in [5, 5.41) is 3.39. The number of hydrogen-bond donors (Lipinski definition) is 1. The molecular weight excluding hydrogens is 316 g/mol. The molecule has 1 aliphatic heterocycles. The van der Waals surface area contributed by atoms with Crippen LogP contribution >= 0.6 is 11.6 Å². The number of hydrogen-bond acceptors (Lipinski definition) is 3. The molecule has 0 aliphatic carbocycles. The molecule has 3 rings (SSSR count). The maximum Gasteiger partial charge on any atom is 0.265 e. The van der Waals surface area contributed by atoms with E-state index in [0.29, 0.717) is 22.1 Å². The summed E-state index contributed by atoms with van der Waals surface area (Å²) in [7, 11) is 0. The molecule has 23 heavy (non-hydrogen) atoms. The Hall–Kier alpha value is -2.53. The van der Waals surface area contributed by atoms with Gasteiger partial charge in [-0.2, -0.15) is 0 Å². The average Bonchev–Trinajstić information content (AvgIpc) is 2.54. The number of anilines is 2. The van der Waals surface area contributed by atoms with Crippen LogP contribution < -0.4 is 15.0 Å². The van der Waals surface area contributed by atoms with Gasteiger partial charge in [0.2, 0.25) is 5.91 Å². The molecule has 2 amide bonds. The van der Waals surface area contributed by atoms with Crippen LogP contribution in [-0.4, -0.2) is 25.0 Å². The lowest BCUT2D eigenvalue weighted by molar-refractivity contribution is -0.123. The highest BCUT2D eigenvalue weighted by Crippen LogP contribution is 2.29. The number of nitrogens with one attached hydrogen (secondary N) is 1. The van der Waals surface area contributed by atoms with Crippen LogP contribution in [-0.2, 0) is 9.59 Å². The number of fused-ring (bicyclic) bond motifs is 1. The van der Waals surface area contributed by atoms with E-state index in [4.69, 9.17) is 16.3 Å². The van der Waals surface area contributed by atoms with Crippen molar-refractivity contribution in [2.45, 2.75) is 6.92 Å². The molecule has 5 nitrogen and oxygen atoms in total. The van der Waals surface area contributed by atoms with E-state index >= 15 is 0 Å². The molecule has 0 unspecified atom stereocenters. The zero-order chi connectivity index (χ0) is 16.4. The van der Waals surface area contributed by atoms with Gasteiger partial charge in [0.15, 0.2) is 6.61 Å². The predicted octanol–water partition coefficient (Wildman–Crippen LogP) is 3.01. The van der Waals surface area contributed by atoms with Crippen LogP contribution in [0.15, 0.2) is 42.5 Å². The third-order valence-electron chi connectivity index (χ3n) is 3.56. The molecule has 0 saturated carbocycles. The summed E-state index contributed by atoms with van der Waals surface area (Å²) in [4.78, 5) is 25.6. The van der Waals surface area contributed by atoms with Gasteiger partial charge in [0.1, 0.15) is 12.3 Å². The van der Waals surface area contributed by atoms with Gasteiger partial charge >= 0.3 is 0 Å². The Labute approximate surface area is 138 Å². The van der Waals surface area contributed by atoms with Gasteiger partial charge in [-0.1, -0.05) is 23.7 Å². The van der Waals surface area contributed by atoms with Crippen LogP contribution in [0.3, 0.4) is 0 Å². The minimum atomic E-state index is -0.278. The largest absolute Gasteiger partial charge is 0.484 e. The topological polar surface area (TPSA) is 58.6 Å². The van der Waals surface area contributed by atoms with E-state index in [-0.39, 0.29) is 25.0 Å². The molecule has 0 radical (unpaired) electrons. The second-order valence-electron chi connectivity index (χ2n) is 5.24. The lowest BCUT2D eigenvalue weighted by Gasteiger charge is -2.29. The second kappa shape index (κ2) is 6.30. The molecule has 2 aromatic rings. The van der Waals surface area contributed by atoms with Crippen LogP contribution in [0, 0.1) is 6.92 Å². The van der Waals surface area contributed by atoms with Crippen LogP contribution in [0.1, 0.15) is 5.56 Å². The zero-order valence-electron chi connectivity index (χ0n) is 12.5. The minimum absolute atomic E-state index is 0.0150. The third kappa shape index (κ3) is 3.29. The highest BCUT2D eigenvalue weighted by Gasteiger charge is 2.26. The van der Waals surface area contributed by atoms with E-state index in [1.54, 1.807) is 36.4 Å². The lowest BCUT2D eigenvalue weighted by Crippen LogP contribution is -2.44. The summed E-state index contributed by atoms with van der Waals surface area (Å²) in [6.07, 6.45) is 0. The molecular formula is C17H15ClN2O3. The van der Waals surface area contributed by atoms with Gasteiger partial charge in [0.05, 0.1) is 11.4 Å². The zero-order valence-corrected chi connectivity index (χ0v) is 13.3. The molecule has 0 fully saturated rings. The van der Waals surface area contributed by atoms with Crippen molar-refractivity contribution < 1.29 is 14.3 Å². The standard InChI is InChI=1S/C17H15ClN2O3/c1-11-8-12(6-7-13(11)18)23-10-17(22)20-9-16(21)19-14-4-2-3-5-15(14)20/h2-8H,9-10H2,1H3,(H,19,21). The normalized spacial score (nSPS) is 13.3.